The molecule has 0 radical (unpaired) electrons. The number of carbonyl (C=O) groups excluding carboxylic acids is 1. The number of anilines is 1. The molecule has 2 heterocycles. The molecule has 6 nitrogen and oxygen atoms in total. The van der Waals surface area contributed by atoms with Crippen molar-refractivity contribution >= 4 is 43.7 Å². The number of rotatable bonds is 7. The van der Waals surface area contributed by atoms with Crippen LogP contribution in [0.2, 0.25) is 5.02 Å². The summed E-state index contributed by atoms with van der Waals surface area (Å²) in [5.74, 6) is -0.205. The Hall–Kier alpha value is -2.26. The minimum absolute atomic E-state index is 0.0867. The molecule has 9 heteroatoms. The number of hydrogen-bond donors (Lipinski definition) is 2. The van der Waals surface area contributed by atoms with Crippen molar-refractivity contribution in [2.75, 3.05) is 18.4 Å². The van der Waals surface area contributed by atoms with E-state index in [1.165, 1.54) is 29.7 Å². The summed E-state index contributed by atoms with van der Waals surface area (Å²) in [7, 11) is -3.70. The number of thiazole rings is 1. The number of hydrogen-bond acceptors (Lipinski definition) is 7. The van der Waals surface area contributed by atoms with E-state index >= 15 is 0 Å². The van der Waals surface area contributed by atoms with Gasteiger partial charge in [0.1, 0.15) is 5.37 Å². The van der Waals surface area contributed by atoms with Crippen LogP contribution in [0, 0.1) is 12.8 Å². The molecule has 1 aliphatic heterocycles. The van der Waals surface area contributed by atoms with Crippen LogP contribution >= 0.6 is 22.9 Å². The van der Waals surface area contributed by atoms with E-state index in [2.05, 4.69) is 15.6 Å². The third kappa shape index (κ3) is 4.88. The maximum Gasteiger partial charge on any atom is 0.204 e. The highest BCUT2D eigenvalue weighted by Crippen LogP contribution is 2.31. The van der Waals surface area contributed by atoms with E-state index < -0.39 is 15.2 Å². The summed E-state index contributed by atoms with van der Waals surface area (Å²) in [5, 5.41) is 6.48. The van der Waals surface area contributed by atoms with Crippen LogP contribution in [0.15, 0.2) is 59.6 Å². The Kier molecular flexibility index (Phi) is 6.95. The van der Waals surface area contributed by atoms with Crippen molar-refractivity contribution in [2.45, 2.75) is 30.0 Å². The number of nitrogens with zero attached hydrogens (tertiary/aromatic N) is 1. The van der Waals surface area contributed by atoms with Crippen LogP contribution in [0.5, 0.6) is 0 Å². The van der Waals surface area contributed by atoms with Gasteiger partial charge in [0.15, 0.2) is 15.0 Å². The van der Waals surface area contributed by atoms with Crippen molar-refractivity contribution in [1.29, 1.82) is 0 Å². The van der Waals surface area contributed by atoms with Gasteiger partial charge in [-0.15, -0.1) is 0 Å². The normalized spacial score (nSPS) is 15.9. The van der Waals surface area contributed by atoms with Gasteiger partial charge in [-0.2, -0.15) is 0 Å². The Morgan fingerprint density at radius 2 is 1.84 bits per heavy atom. The lowest BCUT2D eigenvalue weighted by molar-refractivity contribution is 0.104. The van der Waals surface area contributed by atoms with E-state index in [0.717, 1.165) is 31.5 Å². The predicted octanol–water partition coefficient (Wildman–Crippen LogP) is 4.55. The second-order valence-corrected chi connectivity index (χ2v) is 11.4. The van der Waals surface area contributed by atoms with Crippen molar-refractivity contribution in [3.8, 4) is 0 Å². The van der Waals surface area contributed by atoms with Crippen LogP contribution in [-0.4, -0.2) is 37.6 Å². The Balaban J connectivity index is 1.63. The summed E-state index contributed by atoms with van der Waals surface area (Å²) in [6.07, 6.45) is 2.96. The van der Waals surface area contributed by atoms with Gasteiger partial charge in [-0.1, -0.05) is 47.2 Å². The number of aryl methyl sites for hydroxylation is 1. The number of sulfone groups is 1. The monoisotopic (exact) mass is 489 g/mol. The average molecular weight is 490 g/mol. The average Bonchev–Trinajstić information content (AvgIpc) is 3.27. The summed E-state index contributed by atoms with van der Waals surface area (Å²) in [6.45, 7) is 3.40. The standard InChI is InChI=1S/C23H24ClN3O3S2/c1-15-4-2-3-5-19(15)21(28)20-14-26-23(31-20)27-22(16-10-12-25-13-11-16)32(29,30)18-8-6-17(24)7-9-18/h2-9,14,16,22,25H,10-13H2,1H3,(H,26,27). The highest BCUT2D eigenvalue weighted by atomic mass is 35.5. The number of carbonyl (C=O) groups is 1. The molecular weight excluding hydrogens is 466 g/mol. The molecule has 0 aliphatic carbocycles. The van der Waals surface area contributed by atoms with Gasteiger partial charge < -0.3 is 10.6 Å². The fraction of sp³-hybridized carbons (Fsp3) is 0.304. The van der Waals surface area contributed by atoms with Gasteiger partial charge in [0.25, 0.3) is 0 Å². The van der Waals surface area contributed by atoms with E-state index in [0.29, 0.717) is 20.6 Å². The van der Waals surface area contributed by atoms with Crippen molar-refractivity contribution in [3.05, 3.63) is 75.8 Å². The van der Waals surface area contributed by atoms with E-state index in [-0.39, 0.29) is 16.6 Å². The summed E-state index contributed by atoms with van der Waals surface area (Å²) in [4.78, 5) is 17.9. The summed E-state index contributed by atoms with van der Waals surface area (Å²) in [5.41, 5.74) is 1.50. The number of nitrogens with one attached hydrogen (secondary N) is 2. The SMILES string of the molecule is Cc1ccccc1C(=O)c1cnc(NC(C2CCNCC2)S(=O)(=O)c2ccc(Cl)cc2)s1. The van der Waals surface area contributed by atoms with Gasteiger partial charge in [-0.3, -0.25) is 4.79 Å². The first-order valence-electron chi connectivity index (χ1n) is 10.4. The van der Waals surface area contributed by atoms with Crippen LogP contribution in [-0.2, 0) is 9.84 Å². The van der Waals surface area contributed by atoms with Gasteiger partial charge in [-0.05, 0) is 68.6 Å². The first-order chi connectivity index (χ1) is 15.4. The second-order valence-electron chi connectivity index (χ2n) is 7.83. The lowest BCUT2D eigenvalue weighted by atomic mass is 9.98. The Labute approximate surface area is 197 Å². The Morgan fingerprint density at radius 1 is 1.16 bits per heavy atom. The molecule has 168 valence electrons. The molecule has 1 saturated heterocycles. The maximum absolute atomic E-state index is 13.5. The number of piperidine rings is 1. The summed E-state index contributed by atoms with van der Waals surface area (Å²) in [6, 6.07) is 13.6. The molecule has 1 aliphatic rings. The zero-order valence-corrected chi connectivity index (χ0v) is 19.9. The van der Waals surface area contributed by atoms with Crippen LogP contribution in [0.3, 0.4) is 0 Å². The van der Waals surface area contributed by atoms with Crippen LogP contribution in [0.1, 0.15) is 33.6 Å². The topological polar surface area (TPSA) is 88.2 Å². The van der Waals surface area contributed by atoms with Crippen LogP contribution in [0.4, 0.5) is 5.13 Å². The fourth-order valence-corrected chi connectivity index (χ4v) is 6.76. The molecule has 0 saturated carbocycles. The smallest absolute Gasteiger partial charge is 0.204 e. The fourth-order valence-electron chi connectivity index (χ4n) is 3.89. The summed E-state index contributed by atoms with van der Waals surface area (Å²) < 4.78 is 27.1. The number of halogens is 1. The first kappa shape index (κ1) is 22.9. The largest absolute Gasteiger partial charge is 0.345 e. The molecule has 0 amide bonds. The maximum atomic E-state index is 13.5. The van der Waals surface area contributed by atoms with Crippen LogP contribution < -0.4 is 10.6 Å². The molecule has 2 N–H and O–H groups in total. The number of ketones is 1. The minimum atomic E-state index is -3.70. The van der Waals surface area contributed by atoms with Crippen molar-refractivity contribution in [1.82, 2.24) is 10.3 Å². The van der Waals surface area contributed by atoms with Gasteiger partial charge >= 0.3 is 0 Å². The third-order valence-electron chi connectivity index (χ3n) is 5.67. The number of benzene rings is 2. The molecular formula is C23H24ClN3O3S2. The van der Waals surface area contributed by atoms with E-state index in [9.17, 15) is 13.2 Å². The molecule has 4 rings (SSSR count). The zero-order chi connectivity index (χ0) is 22.7. The van der Waals surface area contributed by atoms with Crippen molar-refractivity contribution in [2.24, 2.45) is 5.92 Å². The lowest BCUT2D eigenvalue weighted by Gasteiger charge is -2.31. The molecule has 32 heavy (non-hydrogen) atoms. The lowest BCUT2D eigenvalue weighted by Crippen LogP contribution is -2.42. The molecule has 1 unspecified atom stereocenters. The molecule has 0 spiro atoms. The predicted molar refractivity (Wildman–Crippen MR) is 128 cm³/mol. The summed E-state index contributed by atoms with van der Waals surface area (Å²) >= 11 is 7.13. The quantitative estimate of drug-likeness (QED) is 0.473. The molecule has 1 atom stereocenters. The highest BCUT2D eigenvalue weighted by Gasteiger charge is 2.36. The van der Waals surface area contributed by atoms with Gasteiger partial charge in [0.2, 0.25) is 5.78 Å². The molecule has 0 bridgehead atoms. The minimum Gasteiger partial charge on any atom is -0.345 e. The first-order valence-corrected chi connectivity index (χ1v) is 13.1. The zero-order valence-electron chi connectivity index (χ0n) is 17.5. The van der Waals surface area contributed by atoms with Crippen molar-refractivity contribution < 1.29 is 13.2 Å². The van der Waals surface area contributed by atoms with Crippen LogP contribution in [0.25, 0.3) is 0 Å². The molecule has 1 aromatic heterocycles. The Bertz CT molecular complexity index is 1200. The third-order valence-corrected chi connectivity index (χ3v) is 8.95. The Morgan fingerprint density at radius 3 is 2.53 bits per heavy atom. The van der Waals surface area contributed by atoms with Gasteiger partial charge in [0.05, 0.1) is 16.0 Å². The van der Waals surface area contributed by atoms with E-state index in [1.54, 1.807) is 18.2 Å². The van der Waals surface area contributed by atoms with Gasteiger partial charge in [-0.25, -0.2) is 13.4 Å². The van der Waals surface area contributed by atoms with E-state index in [1.807, 2.05) is 25.1 Å². The van der Waals surface area contributed by atoms with Crippen molar-refractivity contribution in [3.63, 3.8) is 0 Å². The molecule has 1 fully saturated rings. The van der Waals surface area contributed by atoms with E-state index in [4.69, 9.17) is 11.6 Å². The molecule has 2 aromatic carbocycles. The number of aromatic nitrogens is 1. The molecule has 3 aromatic rings. The second kappa shape index (κ2) is 9.70. The van der Waals surface area contributed by atoms with Gasteiger partial charge in [0, 0.05) is 10.6 Å². The highest BCUT2D eigenvalue weighted by molar-refractivity contribution is 7.92.